The van der Waals surface area contributed by atoms with Crippen molar-refractivity contribution in [2.75, 3.05) is 0 Å². The fraction of sp³-hybridized carbons (Fsp3) is 0.238. The van der Waals surface area contributed by atoms with Crippen molar-refractivity contribution in [3.05, 3.63) is 74.3 Å². The van der Waals surface area contributed by atoms with Crippen molar-refractivity contribution in [3.8, 4) is 11.1 Å². The van der Waals surface area contributed by atoms with Gasteiger partial charge in [-0.15, -0.1) is 5.69 Å². The van der Waals surface area contributed by atoms with Crippen LogP contribution in [-0.2, 0) is 63.4 Å². The minimum atomic E-state index is -0.759. The van der Waals surface area contributed by atoms with E-state index in [1.807, 2.05) is 69.3 Å². The van der Waals surface area contributed by atoms with E-state index in [2.05, 4.69) is 10.6 Å². The van der Waals surface area contributed by atoms with Gasteiger partial charge in [0.2, 0.25) is 5.91 Å². The standard InChI is InChI=1S/C19H20N2O2.2CH3.W.Y/c1-19(2,3)18(23)21-16-14-10-5-4-8-12(14)13-9-6-7-11-15(13)20-17(16)22;;;;/h4-11,16H,1-3H3,(H2,20,21,22,23);2*1H3;;/q;2*-1;+2;/p-1/t16-;;;;/m1..../s1. The topological polar surface area (TPSA) is 60.3 Å². The molecule has 2 aromatic carbocycles. The second-order valence-electron chi connectivity index (χ2n) is 6.71. The Bertz CT molecular complexity index is 788. The molecule has 0 bridgehead atoms. The van der Waals surface area contributed by atoms with Gasteiger partial charge in [0.1, 0.15) is 0 Å². The van der Waals surface area contributed by atoms with Crippen molar-refractivity contribution in [1.82, 2.24) is 5.32 Å². The molecular formula is C21H25N2O2WY-. The summed E-state index contributed by atoms with van der Waals surface area (Å²) in [6.07, 6.45) is 0. The molecule has 0 aromatic heterocycles. The smallest absolute Gasteiger partial charge is 0.624 e. The minimum Gasteiger partial charge on any atom is -0.624 e. The molecule has 1 radical (unpaired) electrons. The van der Waals surface area contributed by atoms with Gasteiger partial charge in [0.15, 0.2) is 0 Å². The molecule has 141 valence electrons. The van der Waals surface area contributed by atoms with Crippen molar-refractivity contribution in [2.45, 2.75) is 26.8 Å². The van der Waals surface area contributed by atoms with Gasteiger partial charge >= 0.3 is 21.1 Å². The third kappa shape index (κ3) is 6.07. The molecule has 0 saturated carbocycles. The maximum absolute atomic E-state index is 12.6. The average molecular weight is 610 g/mol. The number of benzene rings is 2. The summed E-state index contributed by atoms with van der Waals surface area (Å²) in [6.45, 7) is 5.46. The van der Waals surface area contributed by atoms with Crippen molar-refractivity contribution >= 4 is 17.5 Å². The van der Waals surface area contributed by atoms with Crippen LogP contribution in [-0.4, -0.2) is 11.8 Å². The normalized spacial score (nSPS) is 14.2. The van der Waals surface area contributed by atoms with E-state index in [-0.39, 0.29) is 80.4 Å². The van der Waals surface area contributed by atoms with Gasteiger partial charge in [0, 0.05) is 38.1 Å². The molecule has 6 heteroatoms. The molecule has 0 spiro atoms. The molecule has 0 fully saturated rings. The Kier molecular flexibility index (Phi) is 11.8. The van der Waals surface area contributed by atoms with E-state index in [4.69, 9.17) is 0 Å². The molecule has 1 atom stereocenters. The number of nitrogens with one attached hydrogen (secondary N) is 1. The van der Waals surface area contributed by atoms with Gasteiger partial charge in [-0.05, 0) is 16.7 Å². The Morgan fingerprint density at radius 2 is 1.48 bits per heavy atom. The Labute approximate surface area is 202 Å². The molecule has 1 aliphatic heterocycles. The third-order valence-corrected chi connectivity index (χ3v) is 3.90. The van der Waals surface area contributed by atoms with E-state index in [0.717, 1.165) is 16.7 Å². The maximum Gasteiger partial charge on any atom is 2.00 e. The molecule has 1 N–H and O–H groups in total. The van der Waals surface area contributed by atoms with Gasteiger partial charge in [-0.25, -0.2) is 0 Å². The molecular weight excluding hydrogens is 585 g/mol. The fourth-order valence-electron chi connectivity index (χ4n) is 2.60. The van der Waals surface area contributed by atoms with Crippen LogP contribution >= 0.6 is 0 Å². The number of fused-ring (bicyclic) bond motifs is 3. The number of amides is 2. The van der Waals surface area contributed by atoms with Gasteiger partial charge in [-0.3, -0.25) is 4.79 Å². The number of hydrogen-bond acceptors (Lipinski definition) is 2. The third-order valence-electron chi connectivity index (χ3n) is 3.90. The number of carbonyl (C=O) groups is 2. The van der Waals surface area contributed by atoms with Gasteiger partial charge < -0.3 is 30.3 Å². The summed E-state index contributed by atoms with van der Waals surface area (Å²) in [6, 6.07) is 14.4. The zero-order valence-electron chi connectivity index (χ0n) is 16.4. The van der Waals surface area contributed by atoms with E-state index in [1.54, 1.807) is 0 Å². The Balaban J connectivity index is 0. The maximum atomic E-state index is 12.6. The van der Waals surface area contributed by atoms with Crippen LogP contribution in [0.5, 0.6) is 0 Å². The van der Waals surface area contributed by atoms with Gasteiger partial charge in [-0.1, -0.05) is 69.3 Å². The van der Waals surface area contributed by atoms with Crippen LogP contribution in [0.2, 0.25) is 0 Å². The quantitative estimate of drug-likeness (QED) is 0.463. The summed E-state index contributed by atoms with van der Waals surface area (Å²) >= 11 is 0. The summed E-state index contributed by atoms with van der Waals surface area (Å²) < 4.78 is 0. The van der Waals surface area contributed by atoms with Crippen molar-refractivity contribution in [3.63, 3.8) is 0 Å². The number of carbonyl (C=O) groups excluding carboxylic acids is 2. The van der Waals surface area contributed by atoms with E-state index in [0.29, 0.717) is 5.69 Å². The monoisotopic (exact) mass is 610 g/mol. The predicted molar refractivity (Wildman–Crippen MR) is 103 cm³/mol. The molecule has 2 amide bonds. The van der Waals surface area contributed by atoms with Crippen LogP contribution in [0, 0.1) is 20.3 Å². The van der Waals surface area contributed by atoms with E-state index >= 15 is 0 Å². The van der Waals surface area contributed by atoms with Crippen LogP contribution in [0.4, 0.5) is 5.69 Å². The Morgan fingerprint density at radius 3 is 2.07 bits per heavy atom. The van der Waals surface area contributed by atoms with Gasteiger partial charge in [-0.2, -0.15) is 0 Å². The SMILES string of the molecule is CC(C)(C)C(=O)N[C@H]1C(=O)[N-]c2ccccc2-c2ccccc21.[CH3-].[CH3-].[W+2].[Y]. The first-order chi connectivity index (χ1) is 10.9. The minimum absolute atomic E-state index is 0. The summed E-state index contributed by atoms with van der Waals surface area (Å²) in [4.78, 5) is 25.0. The number of hydrogen-bond donors (Lipinski definition) is 1. The van der Waals surface area contributed by atoms with E-state index < -0.39 is 11.5 Å². The number of para-hydroxylation sites is 1. The van der Waals surface area contributed by atoms with Crippen molar-refractivity contribution in [1.29, 1.82) is 0 Å². The fourth-order valence-corrected chi connectivity index (χ4v) is 2.60. The molecule has 1 aliphatic rings. The van der Waals surface area contributed by atoms with Crippen LogP contribution in [0.15, 0.2) is 48.5 Å². The number of rotatable bonds is 1. The molecule has 0 aliphatic carbocycles. The van der Waals surface area contributed by atoms with Crippen molar-refractivity contribution < 1.29 is 63.4 Å². The van der Waals surface area contributed by atoms with Crippen LogP contribution in [0.25, 0.3) is 16.4 Å². The second-order valence-corrected chi connectivity index (χ2v) is 6.71. The first-order valence-corrected chi connectivity index (χ1v) is 7.63. The molecule has 0 saturated heterocycles. The largest absolute Gasteiger partial charge is 2.00 e. The van der Waals surface area contributed by atoms with E-state index in [9.17, 15) is 9.59 Å². The summed E-state index contributed by atoms with van der Waals surface area (Å²) in [5.41, 5.74) is 2.68. The molecule has 2 aromatic rings. The summed E-state index contributed by atoms with van der Waals surface area (Å²) in [5, 5.41) is 7.07. The average Bonchev–Trinajstić information content (AvgIpc) is 2.62. The molecule has 27 heavy (non-hydrogen) atoms. The number of nitrogens with zero attached hydrogens (tertiary/aromatic N) is 1. The van der Waals surface area contributed by atoms with Crippen LogP contribution < -0.4 is 5.32 Å². The first-order valence-electron chi connectivity index (χ1n) is 7.63. The Hall–Kier alpha value is -0.828. The molecule has 0 unspecified atom stereocenters. The van der Waals surface area contributed by atoms with Crippen LogP contribution in [0.1, 0.15) is 32.4 Å². The second kappa shape index (κ2) is 11.2. The molecule has 3 rings (SSSR count). The van der Waals surface area contributed by atoms with Gasteiger partial charge in [0.05, 0.1) is 11.9 Å². The zero-order chi connectivity index (χ0) is 16.6. The predicted octanol–water partition coefficient (Wildman–Crippen LogP) is 5.00. The zero-order valence-corrected chi connectivity index (χ0v) is 22.2. The first kappa shape index (κ1) is 28.4. The van der Waals surface area contributed by atoms with Gasteiger partial charge in [0.25, 0.3) is 0 Å². The Morgan fingerprint density at radius 1 is 0.963 bits per heavy atom. The van der Waals surface area contributed by atoms with Crippen LogP contribution in [0.3, 0.4) is 0 Å². The van der Waals surface area contributed by atoms with E-state index in [1.165, 1.54) is 0 Å². The van der Waals surface area contributed by atoms with Crippen molar-refractivity contribution in [2.24, 2.45) is 5.41 Å². The molecule has 1 heterocycles. The molecule has 4 nitrogen and oxygen atoms in total. The summed E-state index contributed by atoms with van der Waals surface area (Å²) in [7, 11) is 0. The summed E-state index contributed by atoms with van der Waals surface area (Å²) in [5.74, 6) is -0.521.